The highest BCUT2D eigenvalue weighted by molar-refractivity contribution is 4.62. The predicted octanol–water partition coefficient (Wildman–Crippen LogP) is 11.9. The molecule has 0 aliphatic heterocycles. The molecule has 0 aromatic rings. The average molecular weight is 437 g/mol. The third-order valence-electron chi connectivity index (χ3n) is 7.55. The lowest BCUT2D eigenvalue weighted by atomic mass is 9.88. The largest absolute Gasteiger partial charge is 0.0654 e. The Labute approximate surface area is 200 Å². The third kappa shape index (κ3) is 24.5. The molecule has 0 N–H and O–H groups in total. The van der Waals surface area contributed by atoms with Crippen LogP contribution in [-0.2, 0) is 0 Å². The standard InChI is InChI=1S/C31H64/c1-6-8-10-11-12-13-14-15-16-17-18-19-21-26-30(4)28-31(5)27-23-22-25-29(3)24-20-9-7-2/h29-31H,6-28H2,1-5H3. The summed E-state index contributed by atoms with van der Waals surface area (Å²) in [4.78, 5) is 0. The van der Waals surface area contributed by atoms with E-state index in [9.17, 15) is 0 Å². The number of hydrogen-bond acceptors (Lipinski definition) is 0. The highest BCUT2D eigenvalue weighted by Crippen LogP contribution is 2.24. The first kappa shape index (κ1) is 31.0. The predicted molar refractivity (Wildman–Crippen MR) is 145 cm³/mol. The minimum absolute atomic E-state index is 0.937. The molecule has 0 saturated carbocycles. The molecule has 31 heavy (non-hydrogen) atoms. The van der Waals surface area contributed by atoms with E-state index in [1.54, 1.807) is 0 Å². The first-order valence-corrected chi connectivity index (χ1v) is 15.1. The van der Waals surface area contributed by atoms with Crippen LogP contribution in [0, 0.1) is 17.8 Å². The molecule has 3 atom stereocenters. The smallest absolute Gasteiger partial charge is 0.0440 e. The molecule has 0 saturated heterocycles. The molecule has 3 unspecified atom stereocenters. The second-order valence-electron chi connectivity index (χ2n) is 11.4. The van der Waals surface area contributed by atoms with E-state index in [0.717, 1.165) is 17.8 Å². The maximum absolute atomic E-state index is 2.51. The van der Waals surface area contributed by atoms with Crippen molar-refractivity contribution in [2.45, 2.75) is 182 Å². The van der Waals surface area contributed by atoms with E-state index in [1.807, 2.05) is 0 Å². The highest BCUT2D eigenvalue weighted by atomic mass is 14.2. The molecule has 188 valence electrons. The Kier molecular flexibility index (Phi) is 24.6. The van der Waals surface area contributed by atoms with Gasteiger partial charge in [0.2, 0.25) is 0 Å². The summed E-state index contributed by atoms with van der Waals surface area (Å²) in [7, 11) is 0. The lowest BCUT2D eigenvalue weighted by Gasteiger charge is -2.18. The number of hydrogen-bond donors (Lipinski definition) is 0. The van der Waals surface area contributed by atoms with Gasteiger partial charge in [0, 0.05) is 0 Å². The van der Waals surface area contributed by atoms with Crippen LogP contribution < -0.4 is 0 Å². The lowest BCUT2D eigenvalue weighted by molar-refractivity contribution is 0.350. The van der Waals surface area contributed by atoms with Crippen molar-refractivity contribution in [2.75, 3.05) is 0 Å². The molecular weight excluding hydrogens is 372 g/mol. The summed E-state index contributed by atoms with van der Waals surface area (Å²) in [5.74, 6) is 2.83. The van der Waals surface area contributed by atoms with Gasteiger partial charge in [0.25, 0.3) is 0 Å². The van der Waals surface area contributed by atoms with E-state index in [2.05, 4.69) is 34.6 Å². The molecule has 0 aliphatic rings. The fourth-order valence-corrected chi connectivity index (χ4v) is 5.31. The number of rotatable bonds is 25. The Morgan fingerprint density at radius 1 is 0.323 bits per heavy atom. The molecule has 0 aromatic carbocycles. The van der Waals surface area contributed by atoms with Crippen molar-refractivity contribution >= 4 is 0 Å². The zero-order valence-corrected chi connectivity index (χ0v) is 23.0. The van der Waals surface area contributed by atoms with Crippen molar-refractivity contribution in [3.8, 4) is 0 Å². The molecule has 0 spiro atoms. The van der Waals surface area contributed by atoms with Gasteiger partial charge in [0.1, 0.15) is 0 Å². The topological polar surface area (TPSA) is 0 Å². The lowest BCUT2D eigenvalue weighted by Crippen LogP contribution is -2.04. The summed E-state index contributed by atoms with van der Waals surface area (Å²) in [6.07, 6.45) is 33.6. The van der Waals surface area contributed by atoms with E-state index in [-0.39, 0.29) is 0 Å². The van der Waals surface area contributed by atoms with Crippen LogP contribution >= 0.6 is 0 Å². The summed E-state index contributed by atoms with van der Waals surface area (Å²) in [5.41, 5.74) is 0. The van der Waals surface area contributed by atoms with Gasteiger partial charge in [-0.2, -0.15) is 0 Å². The quantitative estimate of drug-likeness (QED) is 0.125. The van der Waals surface area contributed by atoms with Crippen molar-refractivity contribution in [2.24, 2.45) is 17.8 Å². The normalized spacial score (nSPS) is 14.6. The SMILES string of the molecule is CCCCCCCCCCCCCCCC(C)CC(C)CCCCC(C)CCCCC. The highest BCUT2D eigenvalue weighted by Gasteiger charge is 2.09. The van der Waals surface area contributed by atoms with Gasteiger partial charge in [0.15, 0.2) is 0 Å². The molecule has 0 heteroatoms. The van der Waals surface area contributed by atoms with Crippen LogP contribution in [0.3, 0.4) is 0 Å². The molecule has 0 bridgehead atoms. The van der Waals surface area contributed by atoms with Gasteiger partial charge in [-0.3, -0.25) is 0 Å². The molecular formula is C31H64. The van der Waals surface area contributed by atoms with Gasteiger partial charge < -0.3 is 0 Å². The van der Waals surface area contributed by atoms with Gasteiger partial charge in [-0.25, -0.2) is 0 Å². The van der Waals surface area contributed by atoms with E-state index in [0.29, 0.717) is 0 Å². The minimum Gasteiger partial charge on any atom is -0.0654 e. The Bertz CT molecular complexity index is 320. The second kappa shape index (κ2) is 24.6. The Balaban J connectivity index is 3.36. The summed E-state index contributed by atoms with van der Waals surface area (Å²) >= 11 is 0. The van der Waals surface area contributed by atoms with E-state index < -0.39 is 0 Å². The minimum atomic E-state index is 0.937. The van der Waals surface area contributed by atoms with Crippen LogP contribution in [0.15, 0.2) is 0 Å². The van der Waals surface area contributed by atoms with Gasteiger partial charge in [-0.15, -0.1) is 0 Å². The molecule has 0 radical (unpaired) electrons. The monoisotopic (exact) mass is 437 g/mol. The fraction of sp³-hybridized carbons (Fsp3) is 1.00. The van der Waals surface area contributed by atoms with Crippen LogP contribution in [0.2, 0.25) is 0 Å². The maximum atomic E-state index is 2.51. The summed E-state index contributed by atoms with van der Waals surface area (Å²) in [6.45, 7) is 12.1. The van der Waals surface area contributed by atoms with E-state index in [4.69, 9.17) is 0 Å². The second-order valence-corrected chi connectivity index (χ2v) is 11.4. The third-order valence-corrected chi connectivity index (χ3v) is 7.55. The van der Waals surface area contributed by atoms with E-state index in [1.165, 1.54) is 148 Å². The van der Waals surface area contributed by atoms with Crippen LogP contribution in [0.4, 0.5) is 0 Å². The molecule has 0 aromatic heterocycles. The van der Waals surface area contributed by atoms with Crippen molar-refractivity contribution in [3.63, 3.8) is 0 Å². The molecule has 0 heterocycles. The van der Waals surface area contributed by atoms with Crippen LogP contribution in [0.5, 0.6) is 0 Å². The first-order chi connectivity index (χ1) is 15.1. The van der Waals surface area contributed by atoms with Crippen molar-refractivity contribution in [3.05, 3.63) is 0 Å². The number of unbranched alkanes of at least 4 members (excludes halogenated alkanes) is 15. The fourth-order valence-electron chi connectivity index (χ4n) is 5.31. The van der Waals surface area contributed by atoms with Crippen LogP contribution in [-0.4, -0.2) is 0 Å². The Morgan fingerprint density at radius 3 is 1.00 bits per heavy atom. The van der Waals surface area contributed by atoms with Gasteiger partial charge in [-0.05, 0) is 24.2 Å². The average Bonchev–Trinajstić information content (AvgIpc) is 2.74. The molecule has 0 nitrogen and oxygen atoms in total. The molecule has 0 fully saturated rings. The van der Waals surface area contributed by atoms with Crippen molar-refractivity contribution in [1.82, 2.24) is 0 Å². The Hall–Kier alpha value is 0. The van der Waals surface area contributed by atoms with Gasteiger partial charge in [0.05, 0.1) is 0 Å². The summed E-state index contributed by atoms with van der Waals surface area (Å²) in [5, 5.41) is 0. The Morgan fingerprint density at radius 2 is 0.581 bits per heavy atom. The summed E-state index contributed by atoms with van der Waals surface area (Å²) in [6, 6.07) is 0. The van der Waals surface area contributed by atoms with E-state index >= 15 is 0 Å². The zero-order valence-electron chi connectivity index (χ0n) is 23.0. The molecule has 0 rings (SSSR count). The zero-order chi connectivity index (χ0) is 23.0. The van der Waals surface area contributed by atoms with Gasteiger partial charge >= 0.3 is 0 Å². The van der Waals surface area contributed by atoms with Crippen LogP contribution in [0.25, 0.3) is 0 Å². The maximum Gasteiger partial charge on any atom is -0.0440 e. The summed E-state index contributed by atoms with van der Waals surface area (Å²) < 4.78 is 0. The molecule has 0 amide bonds. The van der Waals surface area contributed by atoms with Crippen molar-refractivity contribution < 1.29 is 0 Å². The van der Waals surface area contributed by atoms with Crippen LogP contribution in [0.1, 0.15) is 182 Å². The first-order valence-electron chi connectivity index (χ1n) is 15.1. The van der Waals surface area contributed by atoms with Crippen molar-refractivity contribution in [1.29, 1.82) is 0 Å². The molecule has 0 aliphatic carbocycles. The van der Waals surface area contributed by atoms with Gasteiger partial charge in [-0.1, -0.05) is 176 Å².